The van der Waals surface area contributed by atoms with Gasteiger partial charge in [-0.25, -0.2) is 8.42 Å². The van der Waals surface area contributed by atoms with Gasteiger partial charge in [-0.2, -0.15) is 0 Å². The van der Waals surface area contributed by atoms with Gasteiger partial charge in [-0.3, -0.25) is 0 Å². The molecule has 96 valence electrons. The van der Waals surface area contributed by atoms with E-state index < -0.39 is 9.84 Å². The summed E-state index contributed by atoms with van der Waals surface area (Å²) in [5.74, 6) is 1.05. The van der Waals surface area contributed by atoms with E-state index in [-0.39, 0.29) is 24.0 Å². The number of rotatable bonds is 6. The van der Waals surface area contributed by atoms with Gasteiger partial charge in [0.15, 0.2) is 9.84 Å². The van der Waals surface area contributed by atoms with Gasteiger partial charge in [0.1, 0.15) is 12.4 Å². The number of hydrogen-bond acceptors (Lipinski definition) is 4. The Balaban J connectivity index is 2.40. The summed E-state index contributed by atoms with van der Waals surface area (Å²) < 4.78 is 28.5. The van der Waals surface area contributed by atoms with Crippen LogP contribution in [0.5, 0.6) is 5.75 Å². The van der Waals surface area contributed by atoms with Crippen LogP contribution in [0.2, 0.25) is 0 Å². The molecule has 5 heteroatoms. The Morgan fingerprint density at radius 3 is 2.35 bits per heavy atom. The van der Waals surface area contributed by atoms with Gasteiger partial charge in [0.05, 0.1) is 11.5 Å². The smallest absolute Gasteiger partial charge is 0.153 e. The molecule has 1 rings (SSSR count). The fourth-order valence-corrected chi connectivity index (χ4v) is 2.96. The van der Waals surface area contributed by atoms with E-state index in [1.807, 2.05) is 13.8 Å². The molecule has 0 saturated carbocycles. The van der Waals surface area contributed by atoms with E-state index in [9.17, 15) is 8.42 Å². The van der Waals surface area contributed by atoms with Crippen molar-refractivity contribution in [2.75, 3.05) is 23.8 Å². The summed E-state index contributed by atoms with van der Waals surface area (Å²) in [5.41, 5.74) is 6.19. The minimum atomic E-state index is -3.01. The van der Waals surface area contributed by atoms with Crippen molar-refractivity contribution in [1.29, 1.82) is 0 Å². The Bertz CT molecular complexity index is 437. The lowest BCUT2D eigenvalue weighted by Gasteiger charge is -2.08. The molecule has 0 aliphatic rings. The van der Waals surface area contributed by atoms with Crippen molar-refractivity contribution in [1.82, 2.24) is 0 Å². The van der Waals surface area contributed by atoms with Gasteiger partial charge in [-0.05, 0) is 30.2 Å². The molecular weight excluding hydrogens is 238 g/mol. The first-order valence-corrected chi connectivity index (χ1v) is 7.40. The van der Waals surface area contributed by atoms with Crippen LogP contribution in [0.15, 0.2) is 24.3 Å². The first kappa shape index (κ1) is 13.8. The summed E-state index contributed by atoms with van der Waals surface area (Å²) >= 11 is 0. The Morgan fingerprint density at radius 2 is 1.82 bits per heavy atom. The lowest BCUT2D eigenvalue weighted by Crippen LogP contribution is -2.19. The summed E-state index contributed by atoms with van der Waals surface area (Å²) in [7, 11) is -3.01. The number of benzene rings is 1. The average Bonchev–Trinajstić information content (AvgIpc) is 2.18. The lowest BCUT2D eigenvalue weighted by atomic mass is 10.3. The number of nitrogen functional groups attached to an aromatic ring is 1. The second-order valence-electron chi connectivity index (χ2n) is 4.43. The van der Waals surface area contributed by atoms with Crippen LogP contribution in [-0.2, 0) is 9.84 Å². The Hall–Kier alpha value is -1.23. The van der Waals surface area contributed by atoms with Crippen LogP contribution in [0.3, 0.4) is 0 Å². The van der Waals surface area contributed by atoms with Gasteiger partial charge in [0.25, 0.3) is 0 Å². The van der Waals surface area contributed by atoms with Crippen LogP contribution >= 0.6 is 0 Å². The van der Waals surface area contributed by atoms with Crippen molar-refractivity contribution in [3.05, 3.63) is 24.3 Å². The molecule has 0 amide bonds. The third-order valence-electron chi connectivity index (χ3n) is 2.13. The maximum Gasteiger partial charge on any atom is 0.153 e. The fourth-order valence-electron chi connectivity index (χ4n) is 1.44. The first-order chi connectivity index (χ1) is 7.89. The fraction of sp³-hybridized carbons (Fsp3) is 0.500. The second kappa shape index (κ2) is 5.91. The lowest BCUT2D eigenvalue weighted by molar-refractivity contribution is 0.340. The Kier molecular flexibility index (Phi) is 4.81. The van der Waals surface area contributed by atoms with E-state index in [4.69, 9.17) is 10.5 Å². The zero-order valence-electron chi connectivity index (χ0n) is 10.2. The molecule has 0 fully saturated rings. The topological polar surface area (TPSA) is 69.4 Å². The van der Waals surface area contributed by atoms with E-state index in [1.165, 1.54) is 0 Å². The SMILES string of the molecule is CC(C)CS(=O)(=O)CCOc1ccc(N)cc1. The number of ether oxygens (including phenoxy) is 1. The number of sulfone groups is 1. The summed E-state index contributed by atoms with van der Waals surface area (Å²) in [6, 6.07) is 6.89. The molecule has 0 aliphatic carbocycles. The molecule has 0 heterocycles. The van der Waals surface area contributed by atoms with Gasteiger partial charge in [-0.1, -0.05) is 13.8 Å². The third-order valence-corrected chi connectivity index (χ3v) is 4.09. The van der Waals surface area contributed by atoms with E-state index in [1.54, 1.807) is 24.3 Å². The Morgan fingerprint density at radius 1 is 1.24 bits per heavy atom. The van der Waals surface area contributed by atoms with Crippen LogP contribution in [0.4, 0.5) is 5.69 Å². The molecule has 0 radical (unpaired) electrons. The standard InChI is InChI=1S/C12H19NO3S/c1-10(2)9-17(14,15)8-7-16-12-5-3-11(13)4-6-12/h3-6,10H,7-9,13H2,1-2H3. The molecule has 0 saturated heterocycles. The van der Waals surface area contributed by atoms with Gasteiger partial charge in [-0.15, -0.1) is 0 Å². The minimum absolute atomic E-state index is 0.0511. The molecule has 0 aliphatic heterocycles. The van der Waals surface area contributed by atoms with Gasteiger partial charge >= 0.3 is 0 Å². The van der Waals surface area contributed by atoms with Gasteiger partial charge in [0.2, 0.25) is 0 Å². The maximum absolute atomic E-state index is 11.6. The largest absolute Gasteiger partial charge is 0.493 e. The molecule has 0 unspecified atom stereocenters. The predicted molar refractivity (Wildman–Crippen MR) is 69.8 cm³/mol. The molecule has 0 bridgehead atoms. The van der Waals surface area contributed by atoms with Crippen molar-refractivity contribution in [2.24, 2.45) is 5.92 Å². The third kappa shape index (κ3) is 5.58. The van der Waals surface area contributed by atoms with Crippen LogP contribution in [0, 0.1) is 5.92 Å². The van der Waals surface area contributed by atoms with Crippen molar-refractivity contribution in [3.63, 3.8) is 0 Å². The highest BCUT2D eigenvalue weighted by atomic mass is 32.2. The van der Waals surface area contributed by atoms with Crippen LogP contribution in [0.25, 0.3) is 0 Å². The summed E-state index contributed by atoms with van der Waals surface area (Å²) in [5, 5.41) is 0. The molecule has 1 aromatic rings. The number of hydrogen-bond donors (Lipinski definition) is 1. The molecule has 0 aromatic heterocycles. The molecular formula is C12H19NO3S. The highest BCUT2D eigenvalue weighted by molar-refractivity contribution is 7.91. The van der Waals surface area contributed by atoms with Crippen LogP contribution in [0.1, 0.15) is 13.8 Å². The maximum atomic E-state index is 11.6. The van der Waals surface area contributed by atoms with E-state index >= 15 is 0 Å². The summed E-state index contributed by atoms with van der Waals surface area (Å²) in [6.07, 6.45) is 0. The molecule has 17 heavy (non-hydrogen) atoms. The molecule has 0 spiro atoms. The van der Waals surface area contributed by atoms with Crippen LogP contribution < -0.4 is 10.5 Å². The molecule has 2 N–H and O–H groups in total. The van der Waals surface area contributed by atoms with E-state index in [0.717, 1.165) is 0 Å². The highest BCUT2D eigenvalue weighted by Gasteiger charge is 2.13. The second-order valence-corrected chi connectivity index (χ2v) is 6.65. The average molecular weight is 257 g/mol. The van der Waals surface area contributed by atoms with Crippen LogP contribution in [-0.4, -0.2) is 26.5 Å². The highest BCUT2D eigenvalue weighted by Crippen LogP contribution is 2.13. The van der Waals surface area contributed by atoms with Gasteiger partial charge in [0, 0.05) is 5.69 Å². The van der Waals surface area contributed by atoms with Crippen molar-refractivity contribution in [2.45, 2.75) is 13.8 Å². The summed E-state index contributed by atoms with van der Waals surface area (Å²) in [4.78, 5) is 0. The monoisotopic (exact) mass is 257 g/mol. The van der Waals surface area contributed by atoms with Gasteiger partial charge < -0.3 is 10.5 Å². The Labute approximate surface area is 103 Å². The quantitative estimate of drug-likeness (QED) is 0.788. The van der Waals surface area contributed by atoms with Crippen molar-refractivity contribution < 1.29 is 13.2 Å². The van der Waals surface area contributed by atoms with Crippen molar-refractivity contribution in [3.8, 4) is 5.75 Å². The van der Waals surface area contributed by atoms with E-state index in [0.29, 0.717) is 11.4 Å². The normalized spacial score (nSPS) is 11.7. The molecule has 1 aromatic carbocycles. The summed E-state index contributed by atoms with van der Waals surface area (Å²) in [6.45, 7) is 3.95. The zero-order valence-corrected chi connectivity index (χ0v) is 11.0. The molecule has 4 nitrogen and oxygen atoms in total. The number of anilines is 1. The minimum Gasteiger partial charge on any atom is -0.493 e. The predicted octanol–water partition coefficient (Wildman–Crippen LogP) is 1.72. The first-order valence-electron chi connectivity index (χ1n) is 5.58. The van der Waals surface area contributed by atoms with Crippen molar-refractivity contribution >= 4 is 15.5 Å². The molecule has 0 atom stereocenters. The zero-order chi connectivity index (χ0) is 12.9. The van der Waals surface area contributed by atoms with E-state index in [2.05, 4.69) is 0 Å². The number of nitrogens with two attached hydrogens (primary N) is 1.